The summed E-state index contributed by atoms with van der Waals surface area (Å²) in [6.45, 7) is 10.7. The normalized spacial score (nSPS) is 12.4. The number of aryl methyl sites for hydroxylation is 1. The lowest BCUT2D eigenvalue weighted by Crippen LogP contribution is -2.39. The molecule has 6 heteroatoms. The topological polar surface area (TPSA) is 59.8 Å². The van der Waals surface area contributed by atoms with Gasteiger partial charge in [0.15, 0.2) is 7.28 Å². The van der Waals surface area contributed by atoms with Gasteiger partial charge in [-0.3, -0.25) is 9.36 Å². The quantitative estimate of drug-likeness (QED) is 0.852. The van der Waals surface area contributed by atoms with Gasteiger partial charge in [-0.05, 0) is 32.7 Å². The molecular formula is C15H22BN4O. The Kier molecular flexibility index (Phi) is 4.65. The SMILES string of the molecule is C[B]c1cc2c(C)nc(NCC)nc2n(C(C)CC)c1=O. The number of aromatic nitrogens is 3. The molecule has 111 valence electrons. The Morgan fingerprint density at radius 2 is 2.10 bits per heavy atom. The molecule has 0 aliphatic rings. The van der Waals surface area contributed by atoms with E-state index in [9.17, 15) is 4.79 Å². The molecule has 1 radical (unpaired) electrons. The van der Waals surface area contributed by atoms with E-state index in [1.54, 1.807) is 4.57 Å². The Morgan fingerprint density at radius 3 is 2.67 bits per heavy atom. The third-order valence-electron chi connectivity index (χ3n) is 3.79. The van der Waals surface area contributed by atoms with E-state index >= 15 is 0 Å². The first-order chi connectivity index (χ1) is 10.0. The second-order valence-corrected chi connectivity index (χ2v) is 5.22. The molecule has 1 atom stereocenters. The van der Waals surface area contributed by atoms with Gasteiger partial charge in [-0.25, -0.2) is 4.98 Å². The zero-order valence-corrected chi connectivity index (χ0v) is 13.4. The number of nitrogens with one attached hydrogen (secondary N) is 1. The summed E-state index contributed by atoms with van der Waals surface area (Å²) < 4.78 is 1.79. The van der Waals surface area contributed by atoms with Crippen molar-refractivity contribution in [3.63, 3.8) is 0 Å². The van der Waals surface area contributed by atoms with Crippen LogP contribution in [-0.2, 0) is 0 Å². The minimum Gasteiger partial charge on any atom is -0.354 e. The summed E-state index contributed by atoms with van der Waals surface area (Å²) in [5.41, 5.74) is 2.31. The Labute approximate surface area is 126 Å². The van der Waals surface area contributed by atoms with Gasteiger partial charge in [0.1, 0.15) is 5.65 Å². The number of rotatable bonds is 5. The van der Waals surface area contributed by atoms with Gasteiger partial charge in [-0.15, -0.1) is 0 Å². The van der Waals surface area contributed by atoms with Crippen LogP contribution in [0, 0.1) is 6.92 Å². The first-order valence-corrected chi connectivity index (χ1v) is 7.50. The third-order valence-corrected chi connectivity index (χ3v) is 3.79. The molecule has 0 aromatic carbocycles. The van der Waals surface area contributed by atoms with Crippen molar-refractivity contribution >= 4 is 29.7 Å². The van der Waals surface area contributed by atoms with Crippen LogP contribution in [0.4, 0.5) is 5.95 Å². The third kappa shape index (κ3) is 2.80. The largest absolute Gasteiger partial charge is 0.354 e. The zero-order valence-electron chi connectivity index (χ0n) is 13.4. The van der Waals surface area contributed by atoms with Crippen LogP contribution in [0.3, 0.4) is 0 Å². The van der Waals surface area contributed by atoms with E-state index in [0.29, 0.717) is 17.1 Å². The van der Waals surface area contributed by atoms with Gasteiger partial charge in [-0.2, -0.15) is 4.98 Å². The lowest BCUT2D eigenvalue weighted by atomic mass is 9.73. The van der Waals surface area contributed by atoms with Crippen molar-refractivity contribution in [3.8, 4) is 0 Å². The van der Waals surface area contributed by atoms with Crippen LogP contribution in [0.1, 0.15) is 38.9 Å². The van der Waals surface area contributed by atoms with E-state index < -0.39 is 0 Å². The predicted octanol–water partition coefficient (Wildman–Crippen LogP) is 1.88. The highest BCUT2D eigenvalue weighted by molar-refractivity contribution is 6.52. The number of fused-ring (bicyclic) bond motifs is 1. The molecule has 2 rings (SSSR count). The average Bonchev–Trinajstić information content (AvgIpc) is 2.46. The monoisotopic (exact) mass is 285 g/mol. The van der Waals surface area contributed by atoms with Crippen molar-refractivity contribution in [3.05, 3.63) is 22.1 Å². The van der Waals surface area contributed by atoms with Crippen molar-refractivity contribution in [1.82, 2.24) is 14.5 Å². The van der Waals surface area contributed by atoms with E-state index in [4.69, 9.17) is 0 Å². The molecule has 2 aromatic rings. The Morgan fingerprint density at radius 1 is 1.38 bits per heavy atom. The fourth-order valence-corrected chi connectivity index (χ4v) is 2.41. The van der Waals surface area contributed by atoms with E-state index in [2.05, 4.69) is 22.2 Å². The molecule has 2 heterocycles. The standard InChI is InChI=1S/C15H22BN4O/c1-6-9(3)20-13-11(8-12(16-5)14(20)21)10(4)18-15(19-13)17-7-2/h8-9H,6-7H2,1-5H3,(H,17,18,19). The van der Waals surface area contributed by atoms with Crippen LogP contribution in [0.5, 0.6) is 0 Å². The van der Waals surface area contributed by atoms with Crippen LogP contribution in [0.2, 0.25) is 6.82 Å². The second kappa shape index (κ2) is 6.29. The Balaban J connectivity index is 2.86. The van der Waals surface area contributed by atoms with Gasteiger partial charge < -0.3 is 5.32 Å². The van der Waals surface area contributed by atoms with Gasteiger partial charge >= 0.3 is 0 Å². The number of hydrogen-bond donors (Lipinski definition) is 1. The molecule has 0 spiro atoms. The summed E-state index contributed by atoms with van der Waals surface area (Å²) in [4.78, 5) is 21.7. The molecule has 0 saturated carbocycles. The molecule has 0 fully saturated rings. The first kappa shape index (κ1) is 15.5. The number of anilines is 1. The first-order valence-electron chi connectivity index (χ1n) is 7.50. The molecule has 0 bridgehead atoms. The van der Waals surface area contributed by atoms with E-state index in [-0.39, 0.29) is 11.6 Å². The van der Waals surface area contributed by atoms with Crippen LogP contribution < -0.4 is 16.3 Å². The predicted molar refractivity (Wildman–Crippen MR) is 89.0 cm³/mol. The van der Waals surface area contributed by atoms with Gasteiger partial charge in [0.05, 0.1) is 5.69 Å². The highest BCUT2D eigenvalue weighted by atomic mass is 16.1. The Hall–Kier alpha value is -1.85. The minimum atomic E-state index is 0.0138. The molecule has 1 unspecified atom stereocenters. The summed E-state index contributed by atoms with van der Waals surface area (Å²) in [5.74, 6) is 0.576. The highest BCUT2D eigenvalue weighted by Crippen LogP contribution is 2.19. The fraction of sp³-hybridized carbons (Fsp3) is 0.533. The maximum Gasteiger partial charge on any atom is 0.246 e. The van der Waals surface area contributed by atoms with Crippen molar-refractivity contribution in [2.24, 2.45) is 0 Å². The molecule has 0 saturated heterocycles. The van der Waals surface area contributed by atoms with E-state index in [1.165, 1.54) is 0 Å². The lowest BCUT2D eigenvalue weighted by Gasteiger charge is -2.18. The van der Waals surface area contributed by atoms with Crippen LogP contribution in [0.15, 0.2) is 10.9 Å². The highest BCUT2D eigenvalue weighted by Gasteiger charge is 2.16. The summed E-state index contributed by atoms with van der Waals surface area (Å²) >= 11 is 0. The average molecular weight is 285 g/mol. The number of nitrogens with zero attached hydrogens (tertiary/aromatic N) is 3. The molecule has 0 aliphatic carbocycles. The molecule has 0 amide bonds. The molecule has 5 nitrogen and oxygen atoms in total. The zero-order chi connectivity index (χ0) is 15.6. The summed E-state index contributed by atoms with van der Waals surface area (Å²) in [7, 11) is 1.85. The maximum absolute atomic E-state index is 12.6. The number of pyridine rings is 1. The van der Waals surface area contributed by atoms with Gasteiger partial charge in [0.25, 0.3) is 0 Å². The van der Waals surface area contributed by atoms with Gasteiger partial charge in [-0.1, -0.05) is 19.8 Å². The summed E-state index contributed by atoms with van der Waals surface area (Å²) in [6.07, 6.45) is 0.877. The number of hydrogen-bond acceptors (Lipinski definition) is 4. The van der Waals surface area contributed by atoms with Crippen LogP contribution >= 0.6 is 0 Å². The fourth-order valence-electron chi connectivity index (χ4n) is 2.41. The maximum atomic E-state index is 12.6. The second-order valence-electron chi connectivity index (χ2n) is 5.22. The van der Waals surface area contributed by atoms with Crippen molar-refractivity contribution in [2.75, 3.05) is 11.9 Å². The van der Waals surface area contributed by atoms with E-state index in [1.807, 2.05) is 40.9 Å². The lowest BCUT2D eigenvalue weighted by molar-refractivity contribution is 0.529. The van der Waals surface area contributed by atoms with Crippen molar-refractivity contribution < 1.29 is 0 Å². The van der Waals surface area contributed by atoms with Crippen LogP contribution in [0.25, 0.3) is 11.0 Å². The van der Waals surface area contributed by atoms with Crippen LogP contribution in [-0.4, -0.2) is 28.4 Å². The molecule has 2 aromatic heterocycles. The summed E-state index contributed by atoms with van der Waals surface area (Å²) in [5, 5.41) is 4.06. The van der Waals surface area contributed by atoms with Gasteiger partial charge in [0.2, 0.25) is 11.5 Å². The van der Waals surface area contributed by atoms with E-state index in [0.717, 1.165) is 24.0 Å². The Bertz CT molecular complexity index is 711. The van der Waals surface area contributed by atoms with Crippen molar-refractivity contribution in [1.29, 1.82) is 0 Å². The van der Waals surface area contributed by atoms with Gasteiger partial charge in [0, 0.05) is 18.0 Å². The molecule has 1 N–H and O–H groups in total. The molecule has 0 aliphatic heterocycles. The smallest absolute Gasteiger partial charge is 0.246 e. The van der Waals surface area contributed by atoms with Crippen molar-refractivity contribution in [2.45, 2.75) is 47.0 Å². The molecule has 21 heavy (non-hydrogen) atoms. The minimum absolute atomic E-state index is 0.0138. The molecular weight excluding hydrogens is 263 g/mol. The summed E-state index contributed by atoms with van der Waals surface area (Å²) in [6, 6.07) is 1.99.